The third-order valence-electron chi connectivity index (χ3n) is 4.28. The first-order valence-corrected chi connectivity index (χ1v) is 8.99. The van der Waals surface area contributed by atoms with Gasteiger partial charge in [0.1, 0.15) is 5.57 Å². The van der Waals surface area contributed by atoms with E-state index in [1.165, 1.54) is 23.3 Å². The number of urea groups is 1. The van der Waals surface area contributed by atoms with Crippen LogP contribution in [-0.4, -0.2) is 29.3 Å². The molecule has 2 aliphatic rings. The van der Waals surface area contributed by atoms with Crippen LogP contribution < -0.4 is 5.32 Å². The average Bonchev–Trinajstić information content (AvgIpc) is 2.97. The molecule has 2 heterocycles. The summed E-state index contributed by atoms with van der Waals surface area (Å²) < 4.78 is 0. The van der Waals surface area contributed by atoms with Crippen molar-refractivity contribution in [2.24, 2.45) is 0 Å². The maximum Gasteiger partial charge on any atom is 0.331 e. The zero-order chi connectivity index (χ0) is 17.1. The van der Waals surface area contributed by atoms with Gasteiger partial charge in [-0.3, -0.25) is 19.8 Å². The molecule has 1 saturated heterocycles. The van der Waals surface area contributed by atoms with Gasteiger partial charge < -0.3 is 0 Å². The van der Waals surface area contributed by atoms with Crippen molar-refractivity contribution in [2.45, 2.75) is 39.0 Å². The van der Waals surface area contributed by atoms with Crippen molar-refractivity contribution in [1.29, 1.82) is 0 Å². The van der Waals surface area contributed by atoms with Crippen LogP contribution in [0.25, 0.3) is 6.08 Å². The van der Waals surface area contributed by atoms with Crippen molar-refractivity contribution >= 4 is 35.3 Å². The number of hydrogen-bond donors (Lipinski definition) is 1. The number of hydrogen-bond acceptors (Lipinski definition) is 4. The summed E-state index contributed by atoms with van der Waals surface area (Å²) in [4.78, 5) is 39.7. The van der Waals surface area contributed by atoms with Crippen molar-refractivity contribution in [2.75, 3.05) is 6.54 Å². The highest BCUT2D eigenvalue weighted by Crippen LogP contribution is 2.23. The van der Waals surface area contributed by atoms with E-state index in [4.69, 9.17) is 0 Å². The Kier molecular flexibility index (Phi) is 4.94. The number of barbiturate groups is 1. The van der Waals surface area contributed by atoms with Crippen LogP contribution in [0.4, 0.5) is 4.79 Å². The van der Waals surface area contributed by atoms with Crippen molar-refractivity contribution in [1.82, 2.24) is 10.2 Å². The standard InChI is InChI=1S/C18H20N2O3S/c1-12-7-8-14(24-12)11-15-16(21)19-18(23)20(17(15)22)10-9-13-5-3-2-4-6-13/h5,7-8,11H,2-4,6,9-10H2,1H3,(H,19,21,23)/b15-11+. The number of allylic oxidation sites excluding steroid dienone is 1. The van der Waals surface area contributed by atoms with Gasteiger partial charge in [0.25, 0.3) is 11.8 Å². The monoisotopic (exact) mass is 344 g/mol. The molecule has 24 heavy (non-hydrogen) atoms. The number of carbonyl (C=O) groups excluding carboxylic acids is 3. The van der Waals surface area contributed by atoms with E-state index in [-0.39, 0.29) is 5.57 Å². The van der Waals surface area contributed by atoms with Crippen molar-refractivity contribution in [3.63, 3.8) is 0 Å². The van der Waals surface area contributed by atoms with Gasteiger partial charge in [-0.15, -0.1) is 11.3 Å². The van der Waals surface area contributed by atoms with E-state index in [0.717, 1.165) is 33.9 Å². The first-order valence-electron chi connectivity index (χ1n) is 8.18. The smallest absolute Gasteiger partial charge is 0.273 e. The second-order valence-electron chi connectivity index (χ2n) is 6.08. The van der Waals surface area contributed by atoms with Gasteiger partial charge in [-0.05, 0) is 57.2 Å². The molecule has 6 heteroatoms. The second kappa shape index (κ2) is 7.13. The number of imide groups is 2. The number of carbonyl (C=O) groups is 3. The quantitative estimate of drug-likeness (QED) is 0.517. The Morgan fingerprint density at radius 2 is 2.08 bits per heavy atom. The Balaban J connectivity index is 1.75. The number of amides is 4. The van der Waals surface area contributed by atoms with Crippen LogP contribution in [0.3, 0.4) is 0 Å². The summed E-state index contributed by atoms with van der Waals surface area (Å²) in [7, 11) is 0. The summed E-state index contributed by atoms with van der Waals surface area (Å²) in [5, 5.41) is 2.27. The van der Waals surface area contributed by atoms with E-state index < -0.39 is 17.8 Å². The molecule has 3 rings (SSSR count). The fraction of sp³-hybridized carbons (Fsp3) is 0.389. The van der Waals surface area contributed by atoms with Crippen LogP contribution in [0.2, 0.25) is 0 Å². The zero-order valence-corrected chi connectivity index (χ0v) is 14.4. The molecular weight excluding hydrogens is 324 g/mol. The highest BCUT2D eigenvalue weighted by Gasteiger charge is 2.35. The molecule has 4 amide bonds. The molecular formula is C18H20N2O3S. The lowest BCUT2D eigenvalue weighted by Gasteiger charge is -2.27. The third kappa shape index (κ3) is 3.64. The summed E-state index contributed by atoms with van der Waals surface area (Å²) in [6.07, 6.45) is 8.90. The fourth-order valence-electron chi connectivity index (χ4n) is 2.96. The lowest BCUT2D eigenvalue weighted by atomic mass is 9.97. The average molecular weight is 344 g/mol. The molecule has 0 radical (unpaired) electrons. The fourth-order valence-corrected chi connectivity index (χ4v) is 3.78. The molecule has 1 N–H and O–H groups in total. The van der Waals surface area contributed by atoms with Crippen molar-refractivity contribution in [3.05, 3.63) is 39.1 Å². The molecule has 1 aromatic heterocycles. The normalized spacial score (nSPS) is 20.4. The van der Waals surface area contributed by atoms with Crippen LogP contribution in [0.5, 0.6) is 0 Å². The van der Waals surface area contributed by atoms with Crippen LogP contribution in [0.1, 0.15) is 41.9 Å². The summed E-state index contributed by atoms with van der Waals surface area (Å²) in [5.41, 5.74) is 1.31. The minimum absolute atomic E-state index is 0.0223. The lowest BCUT2D eigenvalue weighted by molar-refractivity contribution is -0.130. The summed E-state index contributed by atoms with van der Waals surface area (Å²) in [6, 6.07) is 3.17. The summed E-state index contributed by atoms with van der Waals surface area (Å²) in [6.45, 7) is 2.27. The van der Waals surface area contributed by atoms with E-state index >= 15 is 0 Å². The Bertz CT molecular complexity index is 745. The first-order chi connectivity index (χ1) is 11.5. The van der Waals surface area contributed by atoms with Gasteiger partial charge in [-0.1, -0.05) is 11.6 Å². The molecule has 1 aromatic rings. The third-order valence-corrected chi connectivity index (χ3v) is 5.22. The van der Waals surface area contributed by atoms with Crippen molar-refractivity contribution < 1.29 is 14.4 Å². The second-order valence-corrected chi connectivity index (χ2v) is 7.40. The number of rotatable bonds is 4. The van der Waals surface area contributed by atoms with Crippen LogP contribution in [0.15, 0.2) is 29.4 Å². The molecule has 5 nitrogen and oxygen atoms in total. The Morgan fingerprint density at radius 1 is 1.25 bits per heavy atom. The van der Waals surface area contributed by atoms with E-state index in [1.54, 1.807) is 6.08 Å². The maximum absolute atomic E-state index is 12.6. The molecule has 0 unspecified atom stereocenters. The summed E-state index contributed by atoms with van der Waals surface area (Å²) in [5.74, 6) is -1.13. The van der Waals surface area contributed by atoms with Crippen LogP contribution >= 0.6 is 11.3 Å². The molecule has 1 fully saturated rings. The molecule has 0 spiro atoms. The molecule has 126 valence electrons. The Hall–Kier alpha value is -2.21. The molecule has 0 bridgehead atoms. The Morgan fingerprint density at radius 3 is 2.75 bits per heavy atom. The summed E-state index contributed by atoms with van der Waals surface area (Å²) >= 11 is 1.50. The predicted molar refractivity (Wildman–Crippen MR) is 93.5 cm³/mol. The number of thiophene rings is 1. The van der Waals surface area contributed by atoms with Gasteiger partial charge >= 0.3 is 6.03 Å². The van der Waals surface area contributed by atoms with Crippen LogP contribution in [-0.2, 0) is 9.59 Å². The number of aryl methyl sites for hydroxylation is 1. The van der Waals surface area contributed by atoms with Gasteiger partial charge in [0.15, 0.2) is 0 Å². The lowest BCUT2D eigenvalue weighted by Crippen LogP contribution is -2.54. The zero-order valence-electron chi connectivity index (χ0n) is 13.6. The maximum atomic E-state index is 12.6. The van der Waals surface area contributed by atoms with Crippen molar-refractivity contribution in [3.8, 4) is 0 Å². The predicted octanol–water partition coefficient (Wildman–Crippen LogP) is 3.41. The van der Waals surface area contributed by atoms with Gasteiger partial charge in [-0.25, -0.2) is 4.79 Å². The molecule has 1 aliphatic heterocycles. The van der Waals surface area contributed by atoms with Gasteiger partial charge in [0, 0.05) is 16.3 Å². The molecule has 0 saturated carbocycles. The highest BCUT2D eigenvalue weighted by molar-refractivity contribution is 7.12. The molecule has 0 aromatic carbocycles. The highest BCUT2D eigenvalue weighted by atomic mass is 32.1. The van der Waals surface area contributed by atoms with Crippen LogP contribution in [0, 0.1) is 6.92 Å². The minimum Gasteiger partial charge on any atom is -0.273 e. The molecule has 1 aliphatic carbocycles. The van der Waals surface area contributed by atoms with Gasteiger partial charge in [-0.2, -0.15) is 0 Å². The van der Waals surface area contributed by atoms with Gasteiger partial charge in [0.2, 0.25) is 0 Å². The number of nitrogens with one attached hydrogen (secondary N) is 1. The number of nitrogens with zero attached hydrogens (tertiary/aromatic N) is 1. The largest absolute Gasteiger partial charge is 0.331 e. The molecule has 0 atom stereocenters. The van der Waals surface area contributed by atoms with E-state index in [2.05, 4.69) is 11.4 Å². The minimum atomic E-state index is -0.624. The van der Waals surface area contributed by atoms with E-state index in [9.17, 15) is 14.4 Å². The van der Waals surface area contributed by atoms with Gasteiger partial charge in [0.05, 0.1) is 0 Å². The topological polar surface area (TPSA) is 66.5 Å². The van der Waals surface area contributed by atoms with E-state index in [0.29, 0.717) is 13.0 Å². The Labute approximate surface area is 145 Å². The van der Waals surface area contributed by atoms with E-state index in [1.807, 2.05) is 19.1 Å². The first kappa shape index (κ1) is 16.6. The SMILES string of the molecule is Cc1ccc(/C=C2\C(=O)NC(=O)N(CCC3=CCCCC3)C2=O)s1.